The van der Waals surface area contributed by atoms with Crippen molar-refractivity contribution in [2.24, 2.45) is 0 Å². The minimum atomic E-state index is -0.0835. The largest absolute Gasteiger partial charge is 0.382 e. The molecule has 0 spiro atoms. The third kappa shape index (κ3) is 4.95. The number of hydrogen-bond donors (Lipinski definition) is 2. The molecule has 7 heteroatoms. The third-order valence-corrected chi connectivity index (χ3v) is 7.12. The molecule has 1 saturated heterocycles. The summed E-state index contributed by atoms with van der Waals surface area (Å²) in [5.74, 6) is 0.185. The van der Waals surface area contributed by atoms with Crippen LogP contribution in [0.15, 0.2) is 48.5 Å². The van der Waals surface area contributed by atoms with Crippen LogP contribution in [0.25, 0.3) is 0 Å². The number of carbonyl (C=O) groups excluding carboxylic acids is 1. The van der Waals surface area contributed by atoms with Gasteiger partial charge in [-0.3, -0.25) is 4.79 Å². The van der Waals surface area contributed by atoms with Gasteiger partial charge in [0, 0.05) is 36.1 Å². The van der Waals surface area contributed by atoms with E-state index in [1.54, 1.807) is 0 Å². The van der Waals surface area contributed by atoms with E-state index in [2.05, 4.69) is 65.4 Å². The van der Waals surface area contributed by atoms with Gasteiger partial charge in [0.2, 0.25) is 5.78 Å². The number of nitrogens with two attached hydrogens (primary N) is 1. The predicted octanol–water partition coefficient (Wildman–Crippen LogP) is 4.79. The van der Waals surface area contributed by atoms with Crippen LogP contribution in [0, 0.1) is 0 Å². The highest BCUT2D eigenvalue weighted by atomic mass is 32.1. The lowest BCUT2D eigenvalue weighted by molar-refractivity contribution is 0.104. The topological polar surface area (TPSA) is 74.5 Å². The number of aryl methyl sites for hydroxylation is 1. The summed E-state index contributed by atoms with van der Waals surface area (Å²) >= 11 is 1.29. The Morgan fingerprint density at radius 2 is 1.91 bits per heavy atom. The van der Waals surface area contributed by atoms with Gasteiger partial charge in [-0.15, -0.1) is 0 Å². The van der Waals surface area contributed by atoms with Gasteiger partial charge >= 0.3 is 0 Å². The Balaban J connectivity index is 1.42. The first kappa shape index (κ1) is 22.3. The first-order chi connectivity index (χ1) is 15.4. The zero-order chi connectivity index (χ0) is 22.7. The quantitative estimate of drug-likeness (QED) is 0.505. The molecule has 0 aliphatic carbocycles. The van der Waals surface area contributed by atoms with E-state index in [0.717, 1.165) is 30.8 Å². The molecule has 168 valence electrons. The maximum absolute atomic E-state index is 12.9. The summed E-state index contributed by atoms with van der Waals surface area (Å²) in [5.41, 5.74) is 10.0. The van der Waals surface area contributed by atoms with E-state index in [1.165, 1.54) is 29.9 Å². The van der Waals surface area contributed by atoms with E-state index in [-0.39, 0.29) is 11.6 Å². The van der Waals surface area contributed by atoms with Crippen LogP contribution in [-0.4, -0.2) is 48.9 Å². The highest BCUT2D eigenvalue weighted by molar-refractivity contribution is 7.18. The fraction of sp³-hybridized carbons (Fsp3) is 0.360. The van der Waals surface area contributed by atoms with Crippen molar-refractivity contribution in [1.29, 1.82) is 0 Å². The molecule has 3 aromatic rings. The fourth-order valence-electron chi connectivity index (χ4n) is 4.13. The number of carbonyl (C=O) groups is 1. The van der Waals surface area contributed by atoms with Crippen molar-refractivity contribution >= 4 is 39.4 Å². The summed E-state index contributed by atoms with van der Waals surface area (Å²) in [6.07, 6.45) is 3.25. The van der Waals surface area contributed by atoms with E-state index >= 15 is 0 Å². The van der Waals surface area contributed by atoms with Crippen molar-refractivity contribution < 1.29 is 4.79 Å². The molecule has 1 fully saturated rings. The maximum Gasteiger partial charge on any atom is 0.206 e. The maximum atomic E-state index is 12.9. The van der Waals surface area contributed by atoms with Gasteiger partial charge in [-0.2, -0.15) is 0 Å². The Morgan fingerprint density at radius 3 is 2.56 bits per heavy atom. The molecule has 32 heavy (non-hydrogen) atoms. The van der Waals surface area contributed by atoms with Gasteiger partial charge in [-0.25, -0.2) is 4.98 Å². The first-order valence-corrected chi connectivity index (χ1v) is 11.9. The van der Waals surface area contributed by atoms with Crippen LogP contribution in [0.2, 0.25) is 0 Å². The highest BCUT2D eigenvalue weighted by Crippen LogP contribution is 2.31. The minimum absolute atomic E-state index is 0.0835. The number of nitrogens with one attached hydrogen (secondary N) is 1. The van der Waals surface area contributed by atoms with Gasteiger partial charge < -0.3 is 20.9 Å². The van der Waals surface area contributed by atoms with Crippen LogP contribution in [-0.2, 0) is 6.42 Å². The number of nitrogen functional groups attached to an aromatic ring is 1. The summed E-state index contributed by atoms with van der Waals surface area (Å²) in [6, 6.07) is 16.7. The van der Waals surface area contributed by atoms with Crippen LogP contribution in [0.4, 0.5) is 22.3 Å². The van der Waals surface area contributed by atoms with Gasteiger partial charge in [-0.05, 0) is 69.3 Å². The second-order valence-electron chi connectivity index (χ2n) is 8.47. The minimum Gasteiger partial charge on any atom is -0.382 e. The second kappa shape index (κ2) is 9.71. The van der Waals surface area contributed by atoms with Crippen molar-refractivity contribution in [1.82, 2.24) is 9.88 Å². The number of rotatable bonds is 7. The molecule has 0 unspecified atom stereocenters. The molecular formula is C25H31N5OS. The molecule has 1 aliphatic heterocycles. The smallest absolute Gasteiger partial charge is 0.206 e. The Kier molecular flexibility index (Phi) is 6.77. The van der Waals surface area contributed by atoms with Crippen LogP contribution in [0.1, 0.15) is 40.6 Å². The first-order valence-electron chi connectivity index (χ1n) is 11.1. The van der Waals surface area contributed by atoms with Crippen molar-refractivity contribution in [3.8, 4) is 0 Å². The molecule has 0 radical (unpaired) electrons. The van der Waals surface area contributed by atoms with Gasteiger partial charge in [-0.1, -0.05) is 36.5 Å². The van der Waals surface area contributed by atoms with Crippen LogP contribution < -0.4 is 16.0 Å². The lowest BCUT2D eigenvalue weighted by Gasteiger charge is -2.36. The Morgan fingerprint density at radius 1 is 1.19 bits per heavy atom. The normalized spacial score (nSPS) is 14.7. The molecular weight excluding hydrogens is 418 g/mol. The molecule has 4 rings (SSSR count). The van der Waals surface area contributed by atoms with E-state index in [1.807, 2.05) is 24.3 Å². The van der Waals surface area contributed by atoms with Crippen LogP contribution in [0.5, 0.6) is 0 Å². The number of thiazole rings is 1. The standard InChI is InChI=1S/C25H31N5OS/c1-4-17-6-5-7-18(16-17)22(31)23-24(26)28-25(32-23)27-19-8-10-21(11-9-19)30-14-12-20(13-15-30)29(2)3/h5-11,16,20H,4,12-15,26H2,1-3H3,(H,27,28). The predicted molar refractivity (Wildman–Crippen MR) is 134 cm³/mol. The zero-order valence-corrected chi connectivity index (χ0v) is 19.8. The van der Waals surface area contributed by atoms with Crippen molar-refractivity contribution in [2.75, 3.05) is 43.1 Å². The number of aromatic nitrogens is 1. The molecule has 0 amide bonds. The monoisotopic (exact) mass is 449 g/mol. The molecule has 2 aromatic carbocycles. The molecule has 0 bridgehead atoms. The fourth-order valence-corrected chi connectivity index (χ4v) is 5.00. The molecule has 3 N–H and O–H groups in total. The van der Waals surface area contributed by atoms with Gasteiger partial charge in [0.1, 0.15) is 10.7 Å². The summed E-state index contributed by atoms with van der Waals surface area (Å²) in [5, 5.41) is 3.92. The number of anilines is 4. The Labute approximate surface area is 194 Å². The molecule has 2 heterocycles. The van der Waals surface area contributed by atoms with Crippen molar-refractivity contribution in [3.05, 3.63) is 64.5 Å². The molecule has 0 atom stereocenters. The molecule has 6 nitrogen and oxygen atoms in total. The molecule has 0 saturated carbocycles. The van der Waals surface area contributed by atoms with Crippen LogP contribution >= 0.6 is 11.3 Å². The van der Waals surface area contributed by atoms with Gasteiger partial charge in [0.05, 0.1) is 0 Å². The number of benzene rings is 2. The van der Waals surface area contributed by atoms with Crippen LogP contribution in [0.3, 0.4) is 0 Å². The van der Waals surface area contributed by atoms with Gasteiger partial charge in [0.25, 0.3) is 0 Å². The SMILES string of the molecule is CCc1cccc(C(=O)c2sc(Nc3ccc(N4CCC(N(C)C)CC4)cc3)nc2N)c1. The number of nitrogens with zero attached hydrogens (tertiary/aromatic N) is 3. The molecule has 1 aromatic heterocycles. The lowest BCUT2D eigenvalue weighted by Crippen LogP contribution is -2.41. The van der Waals surface area contributed by atoms with E-state index < -0.39 is 0 Å². The average molecular weight is 450 g/mol. The Bertz CT molecular complexity index is 1070. The van der Waals surface area contributed by atoms with E-state index in [9.17, 15) is 4.79 Å². The summed E-state index contributed by atoms with van der Waals surface area (Å²) in [4.78, 5) is 22.6. The second-order valence-corrected chi connectivity index (χ2v) is 9.47. The van der Waals surface area contributed by atoms with E-state index in [4.69, 9.17) is 5.73 Å². The number of ketones is 1. The lowest BCUT2D eigenvalue weighted by atomic mass is 10.0. The zero-order valence-electron chi connectivity index (χ0n) is 19.0. The Hall–Kier alpha value is -2.90. The highest BCUT2D eigenvalue weighted by Gasteiger charge is 2.21. The number of piperidine rings is 1. The number of hydrogen-bond acceptors (Lipinski definition) is 7. The molecule has 1 aliphatic rings. The summed E-state index contributed by atoms with van der Waals surface area (Å²) < 4.78 is 0. The average Bonchev–Trinajstić information content (AvgIpc) is 3.19. The van der Waals surface area contributed by atoms with Crippen molar-refractivity contribution in [3.63, 3.8) is 0 Å². The van der Waals surface area contributed by atoms with Gasteiger partial charge in [0.15, 0.2) is 5.13 Å². The van der Waals surface area contributed by atoms with E-state index in [0.29, 0.717) is 21.6 Å². The summed E-state index contributed by atoms with van der Waals surface area (Å²) in [6.45, 7) is 4.22. The summed E-state index contributed by atoms with van der Waals surface area (Å²) in [7, 11) is 4.32. The van der Waals surface area contributed by atoms with Crippen molar-refractivity contribution in [2.45, 2.75) is 32.2 Å². The third-order valence-electron chi connectivity index (χ3n) is 6.14.